The summed E-state index contributed by atoms with van der Waals surface area (Å²) in [5.74, 6) is -1.54. The zero-order chi connectivity index (χ0) is 25.0. The lowest BCUT2D eigenvalue weighted by Crippen LogP contribution is -2.32. The second kappa shape index (κ2) is 10.7. The van der Waals surface area contributed by atoms with Crippen molar-refractivity contribution >= 4 is 29.1 Å². The summed E-state index contributed by atoms with van der Waals surface area (Å²) >= 11 is 6.26. The van der Waals surface area contributed by atoms with Gasteiger partial charge in [0.1, 0.15) is 17.3 Å². The first-order valence-corrected chi connectivity index (χ1v) is 10.8. The van der Waals surface area contributed by atoms with Crippen molar-refractivity contribution in [1.29, 1.82) is 0 Å². The Morgan fingerprint density at radius 1 is 1.06 bits per heavy atom. The molecule has 182 valence electrons. The predicted molar refractivity (Wildman–Crippen MR) is 125 cm³/mol. The van der Waals surface area contributed by atoms with Crippen LogP contribution in [0.15, 0.2) is 35.9 Å². The van der Waals surface area contributed by atoms with Gasteiger partial charge in [-0.3, -0.25) is 9.59 Å². The van der Waals surface area contributed by atoms with Crippen LogP contribution in [-0.2, 0) is 14.3 Å². The molecule has 0 aromatic heterocycles. The monoisotopic (exact) mass is 491 g/mol. The zero-order valence-corrected chi connectivity index (χ0v) is 20.0. The fraction of sp³-hybridized carbons (Fsp3) is 0.333. The van der Waals surface area contributed by atoms with E-state index >= 15 is 0 Å². The number of ketones is 1. The Morgan fingerprint density at radius 3 is 2.38 bits per heavy atom. The molecule has 0 aliphatic carbocycles. The van der Waals surface area contributed by atoms with E-state index in [9.17, 15) is 19.8 Å². The van der Waals surface area contributed by atoms with Gasteiger partial charge in [0.2, 0.25) is 0 Å². The number of phenolic OH excluding ortho intramolecular Hbond substituents is 1. The average molecular weight is 492 g/mol. The third-order valence-corrected chi connectivity index (χ3v) is 5.70. The molecule has 10 heteroatoms. The summed E-state index contributed by atoms with van der Waals surface area (Å²) in [6.45, 7) is 2.31. The van der Waals surface area contributed by atoms with Crippen LogP contribution < -0.4 is 14.2 Å². The highest BCUT2D eigenvalue weighted by atomic mass is 35.5. The standard InChI is InChI=1S/C24H26ClNO8/c1-5-34-19-10-13(6-7-16(19)27)21-20(23(29)24(30)26(21)8-9-31-2)22(28)14-11-15(25)18(33-4)12-17(14)32-3/h6-7,10-12,21,27-28H,5,8-9H2,1-4H3/b22-20+. The SMILES string of the molecule is CCOc1cc(C2/C(=C(\O)c3cc(Cl)c(OC)cc3OC)C(=O)C(=O)N2CCOC)ccc1O. The van der Waals surface area contributed by atoms with E-state index in [2.05, 4.69) is 0 Å². The minimum Gasteiger partial charge on any atom is -0.507 e. The Bertz CT molecular complexity index is 1130. The van der Waals surface area contributed by atoms with Gasteiger partial charge in [-0.15, -0.1) is 0 Å². The molecule has 0 spiro atoms. The van der Waals surface area contributed by atoms with Crippen molar-refractivity contribution in [1.82, 2.24) is 4.90 Å². The fourth-order valence-electron chi connectivity index (χ4n) is 3.81. The number of hydrogen-bond acceptors (Lipinski definition) is 8. The Labute approximate surface area is 202 Å². The number of methoxy groups -OCH3 is 3. The minimum atomic E-state index is -0.972. The van der Waals surface area contributed by atoms with Gasteiger partial charge in [-0.25, -0.2) is 0 Å². The zero-order valence-electron chi connectivity index (χ0n) is 19.3. The van der Waals surface area contributed by atoms with Gasteiger partial charge in [-0.1, -0.05) is 17.7 Å². The van der Waals surface area contributed by atoms with Crippen LogP contribution in [0.25, 0.3) is 5.76 Å². The van der Waals surface area contributed by atoms with Gasteiger partial charge in [0.15, 0.2) is 11.5 Å². The van der Waals surface area contributed by atoms with Gasteiger partial charge >= 0.3 is 0 Å². The summed E-state index contributed by atoms with van der Waals surface area (Å²) < 4.78 is 21.1. The van der Waals surface area contributed by atoms with Crippen molar-refractivity contribution in [2.45, 2.75) is 13.0 Å². The van der Waals surface area contributed by atoms with Crippen LogP contribution in [0, 0.1) is 0 Å². The van der Waals surface area contributed by atoms with E-state index in [-0.39, 0.29) is 46.6 Å². The molecule has 9 nitrogen and oxygen atoms in total. The number of amides is 1. The van der Waals surface area contributed by atoms with Crippen LogP contribution in [-0.4, -0.2) is 67.9 Å². The number of ether oxygens (including phenoxy) is 4. The van der Waals surface area contributed by atoms with E-state index in [1.807, 2.05) is 0 Å². The molecule has 1 amide bonds. The van der Waals surface area contributed by atoms with E-state index in [0.717, 1.165) is 0 Å². The van der Waals surface area contributed by atoms with Crippen molar-refractivity contribution in [3.8, 4) is 23.0 Å². The van der Waals surface area contributed by atoms with Crippen LogP contribution in [0.4, 0.5) is 0 Å². The summed E-state index contributed by atoms with van der Waals surface area (Å²) in [7, 11) is 4.30. The fourth-order valence-corrected chi connectivity index (χ4v) is 4.05. The van der Waals surface area contributed by atoms with Crippen molar-refractivity contribution in [3.05, 3.63) is 52.1 Å². The first-order chi connectivity index (χ1) is 16.3. The number of carbonyl (C=O) groups is 2. The molecule has 0 radical (unpaired) electrons. The van der Waals surface area contributed by atoms with E-state index < -0.39 is 23.5 Å². The number of aliphatic hydroxyl groups is 1. The van der Waals surface area contributed by atoms with Crippen LogP contribution >= 0.6 is 11.6 Å². The van der Waals surface area contributed by atoms with Crippen LogP contribution in [0.2, 0.25) is 5.02 Å². The molecule has 2 N–H and O–H groups in total. The lowest BCUT2D eigenvalue weighted by atomic mass is 9.94. The van der Waals surface area contributed by atoms with Crippen LogP contribution in [0.1, 0.15) is 24.1 Å². The maximum absolute atomic E-state index is 13.1. The molecule has 1 atom stereocenters. The molecule has 1 unspecified atom stereocenters. The van der Waals surface area contributed by atoms with Gasteiger partial charge in [0.25, 0.3) is 11.7 Å². The van der Waals surface area contributed by atoms with E-state index in [4.69, 9.17) is 30.5 Å². The Morgan fingerprint density at radius 2 is 1.76 bits per heavy atom. The molecular weight excluding hydrogens is 466 g/mol. The van der Waals surface area contributed by atoms with Crippen molar-refractivity contribution in [3.63, 3.8) is 0 Å². The number of Topliss-reactive ketones (excluding diaryl/α,β-unsaturated/α-hetero) is 1. The predicted octanol–water partition coefficient (Wildman–Crippen LogP) is 3.53. The number of carbonyl (C=O) groups excluding carboxylic acids is 2. The summed E-state index contributed by atoms with van der Waals surface area (Å²) in [4.78, 5) is 27.4. The lowest BCUT2D eigenvalue weighted by molar-refractivity contribution is -0.140. The molecule has 1 aliphatic rings. The normalized spacial score (nSPS) is 17.2. The van der Waals surface area contributed by atoms with Crippen molar-refractivity contribution in [2.24, 2.45) is 0 Å². The Hall–Kier alpha value is -3.43. The second-order valence-corrected chi connectivity index (χ2v) is 7.74. The Balaban J connectivity index is 2.26. The third kappa shape index (κ3) is 4.62. The number of rotatable bonds is 9. The lowest BCUT2D eigenvalue weighted by Gasteiger charge is -2.25. The molecule has 0 saturated carbocycles. The van der Waals surface area contributed by atoms with Gasteiger partial charge in [0, 0.05) is 19.7 Å². The molecular formula is C24H26ClNO8. The first kappa shape index (κ1) is 25.2. The van der Waals surface area contributed by atoms with Gasteiger partial charge in [0.05, 0.1) is 49.6 Å². The number of benzene rings is 2. The van der Waals surface area contributed by atoms with Crippen molar-refractivity contribution in [2.75, 3.05) is 41.1 Å². The molecule has 0 bridgehead atoms. The highest BCUT2D eigenvalue weighted by molar-refractivity contribution is 6.46. The first-order valence-electron chi connectivity index (χ1n) is 10.4. The maximum atomic E-state index is 13.1. The maximum Gasteiger partial charge on any atom is 0.295 e. The van der Waals surface area contributed by atoms with Crippen LogP contribution in [0.3, 0.4) is 0 Å². The number of hydrogen-bond donors (Lipinski definition) is 2. The number of nitrogens with zero attached hydrogens (tertiary/aromatic N) is 1. The molecule has 2 aromatic carbocycles. The van der Waals surface area contributed by atoms with E-state index in [1.54, 1.807) is 13.0 Å². The smallest absolute Gasteiger partial charge is 0.295 e. The topological polar surface area (TPSA) is 115 Å². The summed E-state index contributed by atoms with van der Waals surface area (Å²) in [5.41, 5.74) is 0.414. The highest BCUT2D eigenvalue weighted by Gasteiger charge is 2.46. The molecule has 3 rings (SSSR count). The molecule has 1 saturated heterocycles. The minimum absolute atomic E-state index is 0.0911. The molecule has 1 aliphatic heterocycles. The van der Waals surface area contributed by atoms with Gasteiger partial charge < -0.3 is 34.1 Å². The number of halogens is 1. The van der Waals surface area contributed by atoms with Gasteiger partial charge in [-0.2, -0.15) is 0 Å². The highest BCUT2D eigenvalue weighted by Crippen LogP contribution is 2.44. The van der Waals surface area contributed by atoms with Gasteiger partial charge in [-0.05, 0) is 30.7 Å². The number of aliphatic hydroxyl groups excluding tert-OH is 1. The molecule has 1 heterocycles. The molecule has 34 heavy (non-hydrogen) atoms. The van der Waals surface area contributed by atoms with E-state index in [0.29, 0.717) is 17.9 Å². The largest absolute Gasteiger partial charge is 0.507 e. The second-order valence-electron chi connectivity index (χ2n) is 7.33. The molecule has 1 fully saturated rings. The van der Waals surface area contributed by atoms with Crippen LogP contribution in [0.5, 0.6) is 23.0 Å². The van der Waals surface area contributed by atoms with E-state index in [1.165, 1.54) is 50.5 Å². The Kier molecular flexibility index (Phi) is 7.90. The quantitative estimate of drug-likeness (QED) is 0.311. The summed E-state index contributed by atoms with van der Waals surface area (Å²) in [6.07, 6.45) is 0. The average Bonchev–Trinajstić information content (AvgIpc) is 3.08. The third-order valence-electron chi connectivity index (χ3n) is 5.40. The summed E-state index contributed by atoms with van der Waals surface area (Å²) in [5, 5.41) is 21.6. The number of likely N-dealkylation sites (tertiary alicyclic amines) is 1. The number of aromatic hydroxyl groups is 1. The summed E-state index contributed by atoms with van der Waals surface area (Å²) in [6, 6.07) is 6.39. The van der Waals surface area contributed by atoms with Crippen molar-refractivity contribution < 1.29 is 38.7 Å². The number of phenols is 1. The molecule has 2 aromatic rings.